The Morgan fingerprint density at radius 3 is 2.76 bits per heavy atom. The molecule has 0 aliphatic heterocycles. The van der Waals surface area contributed by atoms with Gasteiger partial charge < -0.3 is 15.2 Å². The van der Waals surface area contributed by atoms with Crippen LogP contribution < -0.4 is 10.6 Å². The number of para-hydroxylation sites is 2. The highest BCUT2D eigenvalue weighted by molar-refractivity contribution is 14.0. The molecular formula is C18H30IN5S. The summed E-state index contributed by atoms with van der Waals surface area (Å²) in [4.78, 5) is 9.13. The Balaban J connectivity index is 0.00000312. The first-order valence-electron chi connectivity index (χ1n) is 8.53. The molecule has 0 aliphatic carbocycles. The zero-order valence-electron chi connectivity index (χ0n) is 15.6. The van der Waals surface area contributed by atoms with Crippen LogP contribution in [0, 0.1) is 0 Å². The number of nitrogens with zero attached hydrogens (tertiary/aromatic N) is 3. The summed E-state index contributed by atoms with van der Waals surface area (Å²) in [5, 5.41) is 6.74. The van der Waals surface area contributed by atoms with Gasteiger partial charge in [-0.25, -0.2) is 4.98 Å². The second-order valence-electron chi connectivity index (χ2n) is 6.37. The van der Waals surface area contributed by atoms with Crippen LogP contribution in [-0.2, 0) is 6.54 Å². The Morgan fingerprint density at radius 1 is 1.28 bits per heavy atom. The summed E-state index contributed by atoms with van der Waals surface area (Å²) in [6.07, 6.45) is 5.08. The van der Waals surface area contributed by atoms with Gasteiger partial charge in [-0.15, -0.1) is 24.0 Å². The van der Waals surface area contributed by atoms with Gasteiger partial charge in [0.15, 0.2) is 5.96 Å². The van der Waals surface area contributed by atoms with Gasteiger partial charge in [-0.05, 0) is 45.6 Å². The number of hydrogen-bond donors (Lipinski definition) is 2. The lowest BCUT2D eigenvalue weighted by Crippen LogP contribution is -2.39. The third kappa shape index (κ3) is 7.05. The van der Waals surface area contributed by atoms with Crippen molar-refractivity contribution in [2.24, 2.45) is 4.99 Å². The molecule has 0 bridgehead atoms. The van der Waals surface area contributed by atoms with Crippen LogP contribution in [0.15, 0.2) is 35.6 Å². The van der Waals surface area contributed by atoms with E-state index in [0.29, 0.717) is 0 Å². The number of guanidine groups is 1. The van der Waals surface area contributed by atoms with Crippen LogP contribution in [0.3, 0.4) is 0 Å². The summed E-state index contributed by atoms with van der Waals surface area (Å²) in [5.41, 5.74) is 2.25. The van der Waals surface area contributed by atoms with Gasteiger partial charge in [0.25, 0.3) is 0 Å². The van der Waals surface area contributed by atoms with Crippen LogP contribution in [0.2, 0.25) is 0 Å². The molecule has 0 aliphatic rings. The molecule has 2 aromatic rings. The maximum absolute atomic E-state index is 4.69. The van der Waals surface area contributed by atoms with Crippen LogP contribution >= 0.6 is 35.7 Å². The Kier molecular flexibility index (Phi) is 9.63. The minimum absolute atomic E-state index is 0. The lowest BCUT2D eigenvalue weighted by molar-refractivity contribution is 0.634. The summed E-state index contributed by atoms with van der Waals surface area (Å²) in [5.74, 6) is 0.898. The number of rotatable bonds is 8. The fourth-order valence-corrected chi connectivity index (χ4v) is 2.51. The highest BCUT2D eigenvalue weighted by Gasteiger charge is 2.15. The second kappa shape index (κ2) is 10.9. The number of halogens is 1. The maximum atomic E-state index is 4.69. The number of thioether (sulfide) groups is 1. The lowest BCUT2D eigenvalue weighted by Gasteiger charge is -2.20. The molecular weight excluding hydrogens is 445 g/mol. The highest BCUT2D eigenvalue weighted by atomic mass is 127. The lowest BCUT2D eigenvalue weighted by atomic mass is 10.2. The van der Waals surface area contributed by atoms with Crippen molar-refractivity contribution < 1.29 is 0 Å². The van der Waals surface area contributed by atoms with Crippen molar-refractivity contribution in [1.82, 2.24) is 20.2 Å². The van der Waals surface area contributed by atoms with Crippen molar-refractivity contribution in [3.63, 3.8) is 0 Å². The van der Waals surface area contributed by atoms with Gasteiger partial charge in [-0.1, -0.05) is 12.1 Å². The van der Waals surface area contributed by atoms with E-state index < -0.39 is 0 Å². The van der Waals surface area contributed by atoms with Gasteiger partial charge in [-0.3, -0.25) is 4.99 Å². The zero-order chi connectivity index (χ0) is 17.4. The quantitative estimate of drug-likeness (QED) is 0.264. The molecule has 0 spiro atoms. The fraction of sp³-hybridized carbons (Fsp3) is 0.556. The van der Waals surface area contributed by atoms with Crippen molar-refractivity contribution in [2.45, 2.75) is 38.5 Å². The van der Waals surface area contributed by atoms with Crippen LogP contribution in [0.1, 0.15) is 27.2 Å². The molecule has 0 saturated carbocycles. The standard InChI is InChI=1S/C18H29N5S.HI/c1-5-19-17(21-13-18(2,3)24-4)20-11-8-12-23-14-22-15-9-6-7-10-16(15)23;/h6-7,9-10,14H,5,8,11-13H2,1-4H3,(H2,19,20,21);1H. The number of aryl methyl sites for hydroxylation is 1. The van der Waals surface area contributed by atoms with Gasteiger partial charge in [0, 0.05) is 24.4 Å². The van der Waals surface area contributed by atoms with E-state index in [0.717, 1.165) is 44.1 Å². The van der Waals surface area contributed by atoms with Crippen LogP contribution in [0.4, 0.5) is 0 Å². The van der Waals surface area contributed by atoms with E-state index in [4.69, 9.17) is 4.99 Å². The van der Waals surface area contributed by atoms with Gasteiger partial charge in [-0.2, -0.15) is 11.8 Å². The predicted molar refractivity (Wildman–Crippen MR) is 121 cm³/mol. The summed E-state index contributed by atoms with van der Waals surface area (Å²) in [6, 6.07) is 8.25. The van der Waals surface area contributed by atoms with Crippen molar-refractivity contribution in [3.8, 4) is 0 Å². The molecule has 7 heteroatoms. The molecule has 25 heavy (non-hydrogen) atoms. The van der Waals surface area contributed by atoms with Crippen molar-refractivity contribution in [3.05, 3.63) is 30.6 Å². The second-order valence-corrected chi connectivity index (χ2v) is 7.88. The van der Waals surface area contributed by atoms with E-state index in [1.165, 1.54) is 5.52 Å². The smallest absolute Gasteiger partial charge is 0.191 e. The summed E-state index contributed by atoms with van der Waals surface area (Å²) in [7, 11) is 0. The number of hydrogen-bond acceptors (Lipinski definition) is 3. The monoisotopic (exact) mass is 475 g/mol. The number of aliphatic imine (C=N–C) groups is 1. The van der Waals surface area contributed by atoms with Crippen LogP contribution in [-0.4, -0.2) is 46.1 Å². The molecule has 1 aromatic heterocycles. The molecule has 0 saturated heterocycles. The maximum Gasteiger partial charge on any atom is 0.191 e. The minimum atomic E-state index is 0. The summed E-state index contributed by atoms with van der Waals surface area (Å²) in [6.45, 7) is 10.0. The number of imidazole rings is 1. The Morgan fingerprint density at radius 2 is 2.04 bits per heavy atom. The number of fused-ring (bicyclic) bond motifs is 1. The number of nitrogens with one attached hydrogen (secondary N) is 2. The average Bonchev–Trinajstić information content (AvgIpc) is 3.00. The van der Waals surface area contributed by atoms with Crippen molar-refractivity contribution in [2.75, 3.05) is 25.9 Å². The Hall–Kier alpha value is -0.960. The van der Waals surface area contributed by atoms with Crippen molar-refractivity contribution in [1.29, 1.82) is 0 Å². The SMILES string of the molecule is CCNC(=NCC(C)(C)SC)NCCCn1cnc2ccccc21.I. The van der Waals surface area contributed by atoms with E-state index in [9.17, 15) is 0 Å². The van der Waals surface area contributed by atoms with Gasteiger partial charge in [0.05, 0.1) is 23.9 Å². The molecule has 5 nitrogen and oxygen atoms in total. The molecule has 2 rings (SSSR count). The predicted octanol–water partition coefficient (Wildman–Crippen LogP) is 3.74. The molecule has 1 heterocycles. The fourth-order valence-electron chi connectivity index (χ4n) is 2.32. The summed E-state index contributed by atoms with van der Waals surface area (Å²) < 4.78 is 2.37. The van der Waals surface area contributed by atoms with Crippen LogP contribution in [0.25, 0.3) is 11.0 Å². The molecule has 0 fully saturated rings. The molecule has 0 unspecified atom stereocenters. The summed E-state index contributed by atoms with van der Waals surface area (Å²) >= 11 is 1.84. The molecule has 0 radical (unpaired) electrons. The van der Waals surface area contributed by atoms with E-state index >= 15 is 0 Å². The minimum Gasteiger partial charge on any atom is -0.357 e. The first-order chi connectivity index (χ1) is 11.6. The third-order valence-electron chi connectivity index (χ3n) is 3.91. The first kappa shape index (κ1) is 22.1. The molecule has 1 aromatic carbocycles. The van der Waals surface area contributed by atoms with Gasteiger partial charge in [0.1, 0.15) is 0 Å². The van der Waals surface area contributed by atoms with Crippen molar-refractivity contribution >= 4 is 52.7 Å². The van der Waals surface area contributed by atoms with E-state index in [2.05, 4.69) is 59.3 Å². The van der Waals surface area contributed by atoms with E-state index in [1.54, 1.807) is 0 Å². The van der Waals surface area contributed by atoms with Crippen LogP contribution in [0.5, 0.6) is 0 Å². The molecule has 0 atom stereocenters. The van der Waals surface area contributed by atoms with Gasteiger partial charge >= 0.3 is 0 Å². The molecule has 0 amide bonds. The van der Waals surface area contributed by atoms with E-state index in [1.807, 2.05) is 30.2 Å². The topological polar surface area (TPSA) is 54.2 Å². The normalized spacial score (nSPS) is 12.1. The molecule has 2 N–H and O–H groups in total. The third-order valence-corrected chi connectivity index (χ3v) is 5.14. The van der Waals surface area contributed by atoms with E-state index in [-0.39, 0.29) is 28.7 Å². The Labute approximate surface area is 172 Å². The van der Waals surface area contributed by atoms with Gasteiger partial charge in [0.2, 0.25) is 0 Å². The Bertz CT molecular complexity index is 668. The number of aromatic nitrogens is 2. The largest absolute Gasteiger partial charge is 0.357 e. The highest BCUT2D eigenvalue weighted by Crippen LogP contribution is 2.20. The zero-order valence-corrected chi connectivity index (χ0v) is 18.7. The molecule has 140 valence electrons. The number of benzene rings is 1. The first-order valence-corrected chi connectivity index (χ1v) is 9.75. The average molecular weight is 475 g/mol.